The molecular formula is C12H17F2NO. The average molecular weight is 229 g/mol. The van der Waals surface area contributed by atoms with Gasteiger partial charge < -0.3 is 10.1 Å². The van der Waals surface area contributed by atoms with Crippen LogP contribution in [0.2, 0.25) is 0 Å². The number of benzene rings is 1. The topological polar surface area (TPSA) is 21.3 Å². The summed E-state index contributed by atoms with van der Waals surface area (Å²) in [6, 6.07) is 3.95. The number of ether oxygens (including phenoxy) is 1. The summed E-state index contributed by atoms with van der Waals surface area (Å²) in [6.45, 7) is 5.38. The highest BCUT2D eigenvalue weighted by molar-refractivity contribution is 5.25. The zero-order valence-corrected chi connectivity index (χ0v) is 9.59. The number of hydrogen-bond donors (Lipinski definition) is 1. The van der Waals surface area contributed by atoms with E-state index in [0.717, 1.165) is 19.0 Å². The third kappa shape index (κ3) is 3.45. The quantitative estimate of drug-likeness (QED) is 0.809. The maximum Gasteiger partial charge on any atom is 0.200 e. The molecule has 0 aromatic heterocycles. The van der Waals surface area contributed by atoms with E-state index in [1.165, 1.54) is 12.1 Å². The Balaban J connectivity index is 2.66. The van der Waals surface area contributed by atoms with Gasteiger partial charge in [0.1, 0.15) is 6.10 Å². The molecule has 0 saturated heterocycles. The van der Waals surface area contributed by atoms with E-state index in [1.54, 1.807) is 0 Å². The number of nitrogens with one attached hydrogen (secondary N) is 1. The summed E-state index contributed by atoms with van der Waals surface area (Å²) in [5.41, 5.74) is 0. The molecular weight excluding hydrogens is 212 g/mol. The standard InChI is InChI=1S/C12H17F2NO/c1-3-9(8-15-4-2)16-11-7-5-6-10(13)12(11)14/h5-7,9,15H,3-4,8H2,1-2H3. The third-order valence-corrected chi connectivity index (χ3v) is 2.29. The highest BCUT2D eigenvalue weighted by atomic mass is 19.2. The zero-order valence-electron chi connectivity index (χ0n) is 9.59. The first kappa shape index (κ1) is 12.9. The van der Waals surface area contributed by atoms with Crippen molar-refractivity contribution in [2.45, 2.75) is 26.4 Å². The number of halogens is 2. The van der Waals surface area contributed by atoms with Crippen LogP contribution in [0.4, 0.5) is 8.78 Å². The second-order valence-electron chi connectivity index (χ2n) is 3.51. The molecule has 1 aromatic carbocycles. The van der Waals surface area contributed by atoms with Crippen LogP contribution in [0.25, 0.3) is 0 Å². The van der Waals surface area contributed by atoms with Crippen molar-refractivity contribution in [2.24, 2.45) is 0 Å². The van der Waals surface area contributed by atoms with Gasteiger partial charge in [0.05, 0.1) is 0 Å². The summed E-state index contributed by atoms with van der Waals surface area (Å²) in [4.78, 5) is 0. The predicted molar refractivity (Wildman–Crippen MR) is 59.6 cm³/mol. The molecule has 0 saturated carbocycles. The van der Waals surface area contributed by atoms with Crippen LogP contribution in [0.15, 0.2) is 18.2 Å². The van der Waals surface area contributed by atoms with Gasteiger partial charge in [0.2, 0.25) is 5.82 Å². The Morgan fingerprint density at radius 2 is 2.06 bits per heavy atom. The Morgan fingerprint density at radius 3 is 2.69 bits per heavy atom. The van der Waals surface area contributed by atoms with E-state index in [0.29, 0.717) is 6.54 Å². The Hall–Kier alpha value is -1.16. The SMILES string of the molecule is CCNCC(CC)Oc1cccc(F)c1F. The van der Waals surface area contributed by atoms with Crippen molar-refractivity contribution in [3.05, 3.63) is 29.8 Å². The second-order valence-corrected chi connectivity index (χ2v) is 3.51. The van der Waals surface area contributed by atoms with Gasteiger partial charge in [-0.2, -0.15) is 4.39 Å². The molecule has 0 fully saturated rings. The van der Waals surface area contributed by atoms with E-state index in [9.17, 15) is 8.78 Å². The summed E-state index contributed by atoms with van der Waals surface area (Å²) in [6.07, 6.45) is 0.597. The maximum absolute atomic E-state index is 13.3. The fraction of sp³-hybridized carbons (Fsp3) is 0.500. The van der Waals surface area contributed by atoms with Crippen molar-refractivity contribution in [2.75, 3.05) is 13.1 Å². The molecule has 0 radical (unpaired) electrons. The molecule has 1 unspecified atom stereocenters. The maximum atomic E-state index is 13.3. The largest absolute Gasteiger partial charge is 0.486 e. The molecule has 0 aliphatic heterocycles. The fourth-order valence-electron chi connectivity index (χ4n) is 1.33. The van der Waals surface area contributed by atoms with Gasteiger partial charge in [-0.1, -0.05) is 19.9 Å². The lowest BCUT2D eigenvalue weighted by molar-refractivity contribution is 0.184. The molecule has 1 aromatic rings. The van der Waals surface area contributed by atoms with Crippen LogP contribution in [-0.4, -0.2) is 19.2 Å². The number of rotatable bonds is 6. The van der Waals surface area contributed by atoms with Crippen LogP contribution in [0.1, 0.15) is 20.3 Å². The smallest absolute Gasteiger partial charge is 0.200 e. The predicted octanol–water partition coefficient (Wildman–Crippen LogP) is 2.73. The van der Waals surface area contributed by atoms with Crippen LogP contribution >= 0.6 is 0 Å². The minimum atomic E-state index is -0.919. The molecule has 2 nitrogen and oxygen atoms in total. The molecule has 0 heterocycles. The van der Waals surface area contributed by atoms with Crippen molar-refractivity contribution < 1.29 is 13.5 Å². The van der Waals surface area contributed by atoms with Gasteiger partial charge in [-0.15, -0.1) is 0 Å². The van der Waals surface area contributed by atoms with E-state index in [1.807, 2.05) is 13.8 Å². The molecule has 16 heavy (non-hydrogen) atoms. The van der Waals surface area contributed by atoms with Crippen molar-refractivity contribution in [1.29, 1.82) is 0 Å². The van der Waals surface area contributed by atoms with Gasteiger partial charge in [0.25, 0.3) is 0 Å². The number of likely N-dealkylation sites (N-methyl/N-ethyl adjacent to an activating group) is 1. The van der Waals surface area contributed by atoms with E-state index >= 15 is 0 Å². The molecule has 0 amide bonds. The Bertz CT molecular complexity index is 331. The lowest BCUT2D eigenvalue weighted by Crippen LogP contribution is -2.31. The summed E-state index contributed by atoms with van der Waals surface area (Å²) in [5, 5.41) is 3.11. The molecule has 1 N–H and O–H groups in total. The normalized spacial score (nSPS) is 12.5. The van der Waals surface area contributed by atoms with Crippen LogP contribution < -0.4 is 10.1 Å². The van der Waals surface area contributed by atoms with Crippen molar-refractivity contribution in [1.82, 2.24) is 5.32 Å². The van der Waals surface area contributed by atoms with Gasteiger partial charge >= 0.3 is 0 Å². The lowest BCUT2D eigenvalue weighted by atomic mass is 10.2. The third-order valence-electron chi connectivity index (χ3n) is 2.29. The van der Waals surface area contributed by atoms with E-state index in [4.69, 9.17) is 4.74 Å². The van der Waals surface area contributed by atoms with Gasteiger partial charge in [-0.25, -0.2) is 4.39 Å². The van der Waals surface area contributed by atoms with Gasteiger partial charge in [0.15, 0.2) is 11.6 Å². The second kappa shape index (κ2) is 6.43. The Morgan fingerprint density at radius 1 is 1.31 bits per heavy atom. The molecule has 0 spiro atoms. The molecule has 0 aliphatic rings. The number of hydrogen-bond acceptors (Lipinski definition) is 2. The van der Waals surface area contributed by atoms with Crippen LogP contribution in [0.5, 0.6) is 5.75 Å². The first-order valence-electron chi connectivity index (χ1n) is 5.50. The molecule has 0 aliphatic carbocycles. The van der Waals surface area contributed by atoms with Crippen molar-refractivity contribution in [3.8, 4) is 5.75 Å². The van der Waals surface area contributed by atoms with Gasteiger partial charge in [0, 0.05) is 6.54 Å². The summed E-state index contributed by atoms with van der Waals surface area (Å²) in [5.74, 6) is -1.82. The summed E-state index contributed by atoms with van der Waals surface area (Å²) >= 11 is 0. The van der Waals surface area contributed by atoms with Crippen LogP contribution in [0.3, 0.4) is 0 Å². The lowest BCUT2D eigenvalue weighted by Gasteiger charge is -2.18. The fourth-order valence-corrected chi connectivity index (χ4v) is 1.33. The zero-order chi connectivity index (χ0) is 12.0. The highest BCUT2D eigenvalue weighted by Gasteiger charge is 2.13. The van der Waals surface area contributed by atoms with Gasteiger partial charge in [-0.05, 0) is 25.1 Å². The van der Waals surface area contributed by atoms with Crippen molar-refractivity contribution >= 4 is 0 Å². The van der Waals surface area contributed by atoms with E-state index < -0.39 is 11.6 Å². The molecule has 1 rings (SSSR count). The first-order chi connectivity index (χ1) is 7.69. The minimum absolute atomic E-state index is 0.0234. The highest BCUT2D eigenvalue weighted by Crippen LogP contribution is 2.20. The molecule has 4 heteroatoms. The van der Waals surface area contributed by atoms with Crippen molar-refractivity contribution in [3.63, 3.8) is 0 Å². The van der Waals surface area contributed by atoms with Crippen LogP contribution in [-0.2, 0) is 0 Å². The van der Waals surface area contributed by atoms with E-state index in [-0.39, 0.29) is 11.9 Å². The molecule has 90 valence electrons. The molecule has 1 atom stereocenters. The monoisotopic (exact) mass is 229 g/mol. The van der Waals surface area contributed by atoms with E-state index in [2.05, 4.69) is 5.32 Å². The van der Waals surface area contributed by atoms with Crippen LogP contribution in [0, 0.1) is 11.6 Å². The molecule has 0 bridgehead atoms. The summed E-state index contributed by atoms with van der Waals surface area (Å²) < 4.78 is 31.6. The van der Waals surface area contributed by atoms with Gasteiger partial charge in [-0.3, -0.25) is 0 Å². The Labute approximate surface area is 94.6 Å². The average Bonchev–Trinajstić information content (AvgIpc) is 2.30. The Kier molecular flexibility index (Phi) is 5.19. The first-order valence-corrected chi connectivity index (χ1v) is 5.50. The minimum Gasteiger partial charge on any atom is -0.486 e. The summed E-state index contributed by atoms with van der Waals surface area (Å²) in [7, 11) is 0.